The van der Waals surface area contributed by atoms with Crippen molar-refractivity contribution in [2.45, 2.75) is 85.1 Å². The molecule has 0 radical (unpaired) electrons. The minimum atomic E-state index is 0.619. The fourth-order valence-electron chi connectivity index (χ4n) is 2.23. The molecular formula is C17H33N. The molecule has 0 N–H and O–H groups in total. The van der Waals surface area contributed by atoms with Gasteiger partial charge in [-0.1, -0.05) is 64.0 Å². The molecule has 1 atom stereocenters. The predicted octanol–water partition coefficient (Wildman–Crippen LogP) is 5.88. The molecule has 106 valence electrons. The molecule has 0 aromatic carbocycles. The predicted molar refractivity (Wildman–Crippen MR) is 83.5 cm³/mol. The van der Waals surface area contributed by atoms with Crippen LogP contribution in [0.3, 0.4) is 0 Å². The Hall–Kier alpha value is -0.720. The van der Waals surface area contributed by atoms with Crippen molar-refractivity contribution in [3.8, 4) is 0 Å². The van der Waals surface area contributed by atoms with Crippen molar-refractivity contribution in [3.63, 3.8) is 0 Å². The summed E-state index contributed by atoms with van der Waals surface area (Å²) in [6.07, 6.45) is 19.6. The maximum atomic E-state index is 2.32. The number of unbranched alkanes of at least 4 members (excludes halogenated alkanes) is 6. The number of nitrogens with zero attached hydrogens (tertiary/aromatic N) is 1. The first-order chi connectivity index (χ1) is 8.76. The van der Waals surface area contributed by atoms with Crippen LogP contribution in [0.2, 0.25) is 0 Å². The third-order valence-electron chi connectivity index (χ3n) is 3.38. The summed E-state index contributed by atoms with van der Waals surface area (Å²) in [5.74, 6) is 0. The molecule has 0 saturated carbocycles. The molecule has 0 aliphatic heterocycles. The summed E-state index contributed by atoms with van der Waals surface area (Å²) in [6, 6.07) is 0.619. The van der Waals surface area contributed by atoms with Crippen molar-refractivity contribution < 1.29 is 0 Å². The Morgan fingerprint density at radius 3 is 1.83 bits per heavy atom. The van der Waals surface area contributed by atoms with E-state index in [9.17, 15) is 0 Å². The molecule has 18 heavy (non-hydrogen) atoms. The minimum Gasteiger partial charge on any atom is -0.352 e. The lowest BCUT2D eigenvalue weighted by molar-refractivity contribution is 0.355. The van der Waals surface area contributed by atoms with Crippen LogP contribution in [0.25, 0.3) is 0 Å². The van der Waals surface area contributed by atoms with E-state index in [4.69, 9.17) is 0 Å². The zero-order valence-corrected chi connectivity index (χ0v) is 13.0. The maximum absolute atomic E-state index is 2.32. The van der Waals surface area contributed by atoms with Crippen molar-refractivity contribution >= 4 is 0 Å². The van der Waals surface area contributed by atoms with Crippen LogP contribution < -0.4 is 0 Å². The number of hydrogen-bond donors (Lipinski definition) is 0. The Morgan fingerprint density at radius 2 is 1.33 bits per heavy atom. The Morgan fingerprint density at radius 1 is 0.833 bits per heavy atom. The molecule has 0 aliphatic carbocycles. The van der Waals surface area contributed by atoms with Crippen molar-refractivity contribution in [2.75, 3.05) is 0 Å². The summed E-state index contributed by atoms with van der Waals surface area (Å²) in [5, 5.41) is 0. The van der Waals surface area contributed by atoms with Crippen molar-refractivity contribution in [1.29, 1.82) is 0 Å². The van der Waals surface area contributed by atoms with E-state index in [0.717, 1.165) is 0 Å². The first kappa shape index (κ1) is 17.3. The second kappa shape index (κ2) is 12.7. The van der Waals surface area contributed by atoms with Gasteiger partial charge >= 0.3 is 0 Å². The maximum Gasteiger partial charge on any atom is 0.0302 e. The van der Waals surface area contributed by atoms with Gasteiger partial charge in [0.25, 0.3) is 0 Å². The summed E-state index contributed by atoms with van der Waals surface area (Å²) < 4.78 is 0. The number of allylic oxidation sites excluding steroid dienone is 2. The molecule has 0 rings (SSSR count). The Labute approximate surface area is 115 Å². The monoisotopic (exact) mass is 251 g/mol. The van der Waals surface area contributed by atoms with Crippen LogP contribution in [0.5, 0.6) is 0 Å². The first-order valence-corrected chi connectivity index (χ1v) is 7.79. The largest absolute Gasteiger partial charge is 0.352 e. The lowest BCUT2D eigenvalue weighted by atomic mass is 10.1. The highest BCUT2D eigenvalue weighted by atomic mass is 15.1. The quantitative estimate of drug-likeness (QED) is 0.414. The third kappa shape index (κ3) is 9.32. The van der Waals surface area contributed by atoms with E-state index >= 15 is 0 Å². The Bertz CT molecular complexity index is 206. The molecule has 0 amide bonds. The summed E-state index contributed by atoms with van der Waals surface area (Å²) >= 11 is 0. The fraction of sp³-hybridized carbons (Fsp3) is 0.765. The fourth-order valence-corrected chi connectivity index (χ4v) is 2.23. The standard InChI is InChI=1S/C17H33N/c1-5-8-9-10-11-12-13-14-17(4)18(15-6-2)16-7-3/h6-7,15-17H,5,8-14H2,1-4H3. The van der Waals surface area contributed by atoms with Crippen molar-refractivity contribution in [2.24, 2.45) is 0 Å². The molecule has 0 saturated heterocycles. The average Bonchev–Trinajstić information content (AvgIpc) is 2.37. The van der Waals surface area contributed by atoms with Gasteiger partial charge in [0.2, 0.25) is 0 Å². The molecule has 1 nitrogen and oxygen atoms in total. The van der Waals surface area contributed by atoms with E-state index < -0.39 is 0 Å². The van der Waals surface area contributed by atoms with Gasteiger partial charge in [-0.05, 0) is 39.6 Å². The number of hydrogen-bond acceptors (Lipinski definition) is 1. The minimum absolute atomic E-state index is 0.619. The smallest absolute Gasteiger partial charge is 0.0302 e. The molecule has 0 bridgehead atoms. The average molecular weight is 251 g/mol. The van der Waals surface area contributed by atoms with Gasteiger partial charge in [0, 0.05) is 6.04 Å². The van der Waals surface area contributed by atoms with Gasteiger partial charge in [-0.25, -0.2) is 0 Å². The third-order valence-corrected chi connectivity index (χ3v) is 3.38. The Balaban J connectivity index is 3.64. The molecule has 1 unspecified atom stereocenters. The summed E-state index contributed by atoms with van der Waals surface area (Å²) in [7, 11) is 0. The molecule has 1 heteroatoms. The van der Waals surface area contributed by atoms with Crippen LogP contribution in [-0.2, 0) is 0 Å². The van der Waals surface area contributed by atoms with E-state index in [0.29, 0.717) is 6.04 Å². The van der Waals surface area contributed by atoms with Crippen LogP contribution in [0.1, 0.15) is 79.1 Å². The van der Waals surface area contributed by atoms with Crippen molar-refractivity contribution in [1.82, 2.24) is 4.90 Å². The van der Waals surface area contributed by atoms with E-state index in [1.165, 1.54) is 51.4 Å². The highest BCUT2D eigenvalue weighted by molar-refractivity contribution is 4.92. The van der Waals surface area contributed by atoms with E-state index in [2.05, 4.69) is 57.1 Å². The van der Waals surface area contributed by atoms with E-state index in [1.54, 1.807) is 0 Å². The molecule has 0 aromatic heterocycles. The second-order valence-corrected chi connectivity index (χ2v) is 5.17. The summed E-state index contributed by atoms with van der Waals surface area (Å²) in [4.78, 5) is 2.32. The van der Waals surface area contributed by atoms with Gasteiger partial charge < -0.3 is 4.90 Å². The zero-order valence-electron chi connectivity index (χ0n) is 13.0. The van der Waals surface area contributed by atoms with Gasteiger partial charge in [0.05, 0.1) is 0 Å². The van der Waals surface area contributed by atoms with Gasteiger partial charge in [-0.2, -0.15) is 0 Å². The second-order valence-electron chi connectivity index (χ2n) is 5.17. The lowest BCUT2D eigenvalue weighted by Gasteiger charge is -2.24. The van der Waals surface area contributed by atoms with Gasteiger partial charge in [-0.15, -0.1) is 0 Å². The molecule has 0 heterocycles. The highest BCUT2D eigenvalue weighted by Gasteiger charge is 2.06. The zero-order chi connectivity index (χ0) is 13.6. The number of rotatable bonds is 11. The normalized spacial score (nSPS) is 13.6. The van der Waals surface area contributed by atoms with Gasteiger partial charge in [0.15, 0.2) is 0 Å². The molecular weight excluding hydrogens is 218 g/mol. The molecule has 0 aromatic rings. The Kier molecular flexibility index (Phi) is 12.2. The van der Waals surface area contributed by atoms with E-state index in [1.807, 2.05) is 0 Å². The van der Waals surface area contributed by atoms with E-state index in [-0.39, 0.29) is 0 Å². The summed E-state index contributed by atoms with van der Waals surface area (Å²) in [5.41, 5.74) is 0. The molecule has 0 spiro atoms. The van der Waals surface area contributed by atoms with Gasteiger partial charge in [0.1, 0.15) is 0 Å². The van der Waals surface area contributed by atoms with Crippen LogP contribution in [-0.4, -0.2) is 10.9 Å². The first-order valence-electron chi connectivity index (χ1n) is 7.79. The highest BCUT2D eigenvalue weighted by Crippen LogP contribution is 2.13. The summed E-state index contributed by atoms with van der Waals surface area (Å²) in [6.45, 7) is 8.75. The van der Waals surface area contributed by atoms with Crippen LogP contribution in [0.15, 0.2) is 24.6 Å². The lowest BCUT2D eigenvalue weighted by Crippen LogP contribution is -2.22. The van der Waals surface area contributed by atoms with Crippen LogP contribution in [0, 0.1) is 0 Å². The SMILES string of the molecule is CC=CN(C=CC)C(C)CCCCCCCCC. The molecule has 0 aliphatic rings. The van der Waals surface area contributed by atoms with Crippen LogP contribution in [0.4, 0.5) is 0 Å². The van der Waals surface area contributed by atoms with Gasteiger partial charge in [-0.3, -0.25) is 0 Å². The van der Waals surface area contributed by atoms with Crippen LogP contribution >= 0.6 is 0 Å². The molecule has 0 fully saturated rings. The van der Waals surface area contributed by atoms with Crippen molar-refractivity contribution in [3.05, 3.63) is 24.6 Å². The topological polar surface area (TPSA) is 3.24 Å².